The van der Waals surface area contributed by atoms with Crippen molar-refractivity contribution in [1.82, 2.24) is 0 Å². The third-order valence-corrected chi connectivity index (χ3v) is 3.48. The van der Waals surface area contributed by atoms with Crippen LogP contribution in [0.2, 0.25) is 5.02 Å². The lowest BCUT2D eigenvalue weighted by Gasteiger charge is -2.14. The molecule has 0 aliphatic rings. The van der Waals surface area contributed by atoms with E-state index in [2.05, 4.69) is 36.4 Å². The summed E-state index contributed by atoms with van der Waals surface area (Å²) >= 11 is 11.9. The third-order valence-electron chi connectivity index (χ3n) is 2.85. The summed E-state index contributed by atoms with van der Waals surface area (Å²) < 4.78 is 0. The van der Waals surface area contributed by atoms with Gasteiger partial charge < -0.3 is 0 Å². The average Bonchev–Trinajstić information content (AvgIpc) is 2.39. The largest absolute Gasteiger partial charge is 0.126 e. The minimum Gasteiger partial charge on any atom is -0.126 e. The van der Waals surface area contributed by atoms with Crippen molar-refractivity contribution in [3.8, 4) is 0 Å². The molecule has 2 aromatic rings. The molecule has 17 heavy (non-hydrogen) atoms. The van der Waals surface area contributed by atoms with E-state index in [-0.39, 0.29) is 0 Å². The second kappa shape index (κ2) is 6.09. The minimum atomic E-state index is 0.360. The normalized spacial score (nSPS) is 12.4. The molecule has 0 aliphatic heterocycles. The summed E-state index contributed by atoms with van der Waals surface area (Å²) in [6.07, 6.45) is 0.949. The SMILES string of the molecule is ClCC(Cc1ccc(Cl)cc1)c1ccccc1. The molecule has 0 bridgehead atoms. The number of rotatable bonds is 4. The Bertz CT molecular complexity index is 448. The molecule has 1 unspecified atom stereocenters. The van der Waals surface area contributed by atoms with Gasteiger partial charge in [-0.3, -0.25) is 0 Å². The first-order valence-corrected chi connectivity index (χ1v) is 6.56. The number of hydrogen-bond acceptors (Lipinski definition) is 0. The Morgan fingerprint density at radius 1 is 0.882 bits per heavy atom. The van der Waals surface area contributed by atoms with Crippen LogP contribution in [0.15, 0.2) is 54.6 Å². The summed E-state index contributed by atoms with van der Waals surface area (Å²) in [5.74, 6) is 0.992. The van der Waals surface area contributed by atoms with Crippen molar-refractivity contribution in [2.24, 2.45) is 0 Å². The van der Waals surface area contributed by atoms with E-state index >= 15 is 0 Å². The van der Waals surface area contributed by atoms with Crippen LogP contribution in [0, 0.1) is 0 Å². The Kier molecular flexibility index (Phi) is 4.47. The molecule has 0 aliphatic carbocycles. The molecule has 0 radical (unpaired) electrons. The minimum absolute atomic E-state index is 0.360. The van der Waals surface area contributed by atoms with E-state index in [0.29, 0.717) is 11.8 Å². The maximum atomic E-state index is 6.06. The van der Waals surface area contributed by atoms with Crippen LogP contribution < -0.4 is 0 Å². The Hall–Kier alpha value is -0.980. The zero-order valence-electron chi connectivity index (χ0n) is 9.44. The van der Waals surface area contributed by atoms with Crippen LogP contribution in [0.25, 0.3) is 0 Å². The zero-order valence-corrected chi connectivity index (χ0v) is 11.0. The lowest BCUT2D eigenvalue weighted by Crippen LogP contribution is -2.04. The number of hydrogen-bond donors (Lipinski definition) is 0. The van der Waals surface area contributed by atoms with E-state index in [0.717, 1.165) is 11.4 Å². The first-order chi connectivity index (χ1) is 8.29. The maximum absolute atomic E-state index is 6.06. The van der Waals surface area contributed by atoms with E-state index in [1.165, 1.54) is 11.1 Å². The molecule has 2 rings (SSSR count). The van der Waals surface area contributed by atoms with Gasteiger partial charge in [-0.05, 0) is 29.7 Å². The maximum Gasteiger partial charge on any atom is 0.0406 e. The van der Waals surface area contributed by atoms with Gasteiger partial charge in [-0.25, -0.2) is 0 Å². The van der Waals surface area contributed by atoms with Crippen molar-refractivity contribution in [2.75, 3.05) is 5.88 Å². The number of benzene rings is 2. The highest BCUT2D eigenvalue weighted by Gasteiger charge is 2.10. The van der Waals surface area contributed by atoms with Crippen LogP contribution in [0.1, 0.15) is 17.0 Å². The van der Waals surface area contributed by atoms with Crippen molar-refractivity contribution >= 4 is 23.2 Å². The van der Waals surface area contributed by atoms with Crippen molar-refractivity contribution in [3.05, 3.63) is 70.7 Å². The second-order valence-corrected chi connectivity index (χ2v) is 4.84. The highest BCUT2D eigenvalue weighted by molar-refractivity contribution is 6.30. The highest BCUT2D eigenvalue weighted by Crippen LogP contribution is 2.23. The number of alkyl halides is 1. The molecule has 0 N–H and O–H groups in total. The lowest BCUT2D eigenvalue weighted by molar-refractivity contribution is 0.766. The number of halogens is 2. The van der Waals surface area contributed by atoms with E-state index in [1.54, 1.807) is 0 Å². The predicted molar refractivity (Wildman–Crippen MR) is 75.1 cm³/mol. The highest BCUT2D eigenvalue weighted by atomic mass is 35.5. The van der Waals surface area contributed by atoms with Crippen LogP contribution in [0.3, 0.4) is 0 Å². The van der Waals surface area contributed by atoms with Gasteiger partial charge in [0.25, 0.3) is 0 Å². The molecule has 0 aromatic heterocycles. The molecule has 0 saturated heterocycles. The molecule has 0 fully saturated rings. The van der Waals surface area contributed by atoms with Crippen molar-refractivity contribution in [3.63, 3.8) is 0 Å². The van der Waals surface area contributed by atoms with Gasteiger partial charge in [-0.1, -0.05) is 54.1 Å². The topological polar surface area (TPSA) is 0 Å². The Labute approximate surface area is 112 Å². The summed E-state index contributed by atoms with van der Waals surface area (Å²) in [5.41, 5.74) is 2.56. The van der Waals surface area contributed by atoms with E-state index in [9.17, 15) is 0 Å². The predicted octanol–water partition coefficient (Wildman–Crippen LogP) is 4.91. The summed E-state index contributed by atoms with van der Waals surface area (Å²) in [6, 6.07) is 18.4. The molecule has 2 heteroatoms. The van der Waals surface area contributed by atoms with Gasteiger partial charge in [0.05, 0.1) is 0 Å². The van der Waals surface area contributed by atoms with Crippen LogP contribution >= 0.6 is 23.2 Å². The van der Waals surface area contributed by atoms with Gasteiger partial charge >= 0.3 is 0 Å². The van der Waals surface area contributed by atoms with Gasteiger partial charge in [-0.15, -0.1) is 11.6 Å². The zero-order chi connectivity index (χ0) is 12.1. The smallest absolute Gasteiger partial charge is 0.0406 e. The van der Waals surface area contributed by atoms with Crippen molar-refractivity contribution in [2.45, 2.75) is 12.3 Å². The molecular formula is C15H14Cl2. The monoisotopic (exact) mass is 264 g/mol. The standard InChI is InChI=1S/C15H14Cl2/c16-11-14(13-4-2-1-3-5-13)10-12-6-8-15(17)9-7-12/h1-9,14H,10-11H2. The average molecular weight is 265 g/mol. The summed E-state index contributed by atoms with van der Waals surface area (Å²) in [7, 11) is 0. The van der Waals surface area contributed by atoms with Crippen LogP contribution in [-0.4, -0.2) is 5.88 Å². The molecule has 2 aromatic carbocycles. The molecule has 0 nitrogen and oxygen atoms in total. The van der Waals surface area contributed by atoms with Crippen LogP contribution in [0.5, 0.6) is 0 Å². The van der Waals surface area contributed by atoms with Gasteiger partial charge in [0.2, 0.25) is 0 Å². The van der Waals surface area contributed by atoms with Crippen molar-refractivity contribution in [1.29, 1.82) is 0 Å². The van der Waals surface area contributed by atoms with E-state index in [4.69, 9.17) is 23.2 Å². The van der Waals surface area contributed by atoms with Gasteiger partial charge in [0.1, 0.15) is 0 Å². The molecule has 1 atom stereocenters. The molecule has 0 amide bonds. The fraction of sp³-hybridized carbons (Fsp3) is 0.200. The van der Waals surface area contributed by atoms with Crippen molar-refractivity contribution < 1.29 is 0 Å². The molecule has 0 heterocycles. The summed E-state index contributed by atoms with van der Waals surface area (Å²) in [6.45, 7) is 0. The Balaban J connectivity index is 2.13. The first-order valence-electron chi connectivity index (χ1n) is 5.65. The molecule has 0 spiro atoms. The Morgan fingerprint density at radius 2 is 1.53 bits per heavy atom. The van der Waals surface area contributed by atoms with Gasteiger partial charge in [0, 0.05) is 16.8 Å². The fourth-order valence-electron chi connectivity index (χ4n) is 1.89. The lowest BCUT2D eigenvalue weighted by atomic mass is 9.94. The van der Waals surface area contributed by atoms with E-state index in [1.807, 2.05) is 18.2 Å². The Morgan fingerprint density at radius 3 is 2.12 bits per heavy atom. The third kappa shape index (κ3) is 3.49. The fourth-order valence-corrected chi connectivity index (χ4v) is 2.30. The van der Waals surface area contributed by atoms with Crippen LogP contribution in [-0.2, 0) is 6.42 Å². The summed E-state index contributed by atoms with van der Waals surface area (Å²) in [5, 5.41) is 0.774. The molecular weight excluding hydrogens is 251 g/mol. The van der Waals surface area contributed by atoms with Crippen LogP contribution in [0.4, 0.5) is 0 Å². The summed E-state index contributed by atoms with van der Waals surface area (Å²) in [4.78, 5) is 0. The second-order valence-electron chi connectivity index (χ2n) is 4.09. The molecule has 0 saturated carbocycles. The van der Waals surface area contributed by atoms with Gasteiger partial charge in [-0.2, -0.15) is 0 Å². The van der Waals surface area contributed by atoms with Gasteiger partial charge in [0.15, 0.2) is 0 Å². The first kappa shape index (κ1) is 12.5. The van der Waals surface area contributed by atoms with E-state index < -0.39 is 0 Å². The molecule has 88 valence electrons. The quantitative estimate of drug-likeness (QED) is 0.689.